The summed E-state index contributed by atoms with van der Waals surface area (Å²) in [6, 6.07) is 0.0472. The van der Waals surface area contributed by atoms with Gasteiger partial charge in [-0.25, -0.2) is 0 Å². The maximum Gasteiger partial charge on any atom is 0.234 e. The van der Waals surface area contributed by atoms with E-state index in [1.54, 1.807) is 0 Å². The van der Waals surface area contributed by atoms with Gasteiger partial charge in [-0.3, -0.25) is 4.79 Å². The molecule has 0 aromatic carbocycles. The highest BCUT2D eigenvalue weighted by Crippen LogP contribution is 1.82. The summed E-state index contributed by atoms with van der Waals surface area (Å²) >= 11 is 0. The van der Waals surface area contributed by atoms with Gasteiger partial charge in [0.1, 0.15) is 0 Å². The second-order valence-electron chi connectivity index (χ2n) is 2.33. The number of carbonyl (C=O) groups excluding carboxylic acids is 1. The van der Waals surface area contributed by atoms with Crippen LogP contribution in [0, 0.1) is 0 Å². The molecule has 1 amide bonds. The Morgan fingerprint density at radius 1 is 1.73 bits per heavy atom. The lowest BCUT2D eigenvalue weighted by Gasteiger charge is -2.12. The molecule has 4 nitrogen and oxygen atoms in total. The largest absolute Gasteiger partial charge is 0.380 e. The van der Waals surface area contributed by atoms with Gasteiger partial charge in [-0.15, -0.1) is 0 Å². The van der Waals surface area contributed by atoms with Crippen LogP contribution >= 0.6 is 0 Å². The van der Waals surface area contributed by atoms with Gasteiger partial charge >= 0.3 is 0 Å². The molecule has 0 aromatic heterocycles. The average Bonchev–Trinajstić information content (AvgIpc) is 2.00. The summed E-state index contributed by atoms with van der Waals surface area (Å²) in [4.78, 5) is 10.7. The normalized spacial score (nSPS) is 12.6. The average molecular weight is 160 g/mol. The van der Waals surface area contributed by atoms with Gasteiger partial charge in [0.05, 0.1) is 13.2 Å². The number of nitrogens with two attached hydrogens (primary N) is 1. The Morgan fingerprint density at radius 2 is 2.36 bits per heavy atom. The van der Waals surface area contributed by atoms with E-state index in [4.69, 9.17) is 10.5 Å². The van der Waals surface area contributed by atoms with Crippen LogP contribution < -0.4 is 11.1 Å². The molecule has 0 heterocycles. The minimum Gasteiger partial charge on any atom is -0.380 e. The third-order valence-electron chi connectivity index (χ3n) is 1.16. The number of carbonyl (C=O) groups is 1. The van der Waals surface area contributed by atoms with Crippen molar-refractivity contribution in [3.05, 3.63) is 0 Å². The van der Waals surface area contributed by atoms with E-state index in [1.807, 2.05) is 13.8 Å². The van der Waals surface area contributed by atoms with Crippen molar-refractivity contribution in [2.24, 2.45) is 5.73 Å². The number of amides is 1. The lowest BCUT2D eigenvalue weighted by Crippen LogP contribution is -2.39. The van der Waals surface area contributed by atoms with E-state index < -0.39 is 0 Å². The van der Waals surface area contributed by atoms with Crippen molar-refractivity contribution < 1.29 is 9.53 Å². The van der Waals surface area contributed by atoms with Crippen molar-refractivity contribution >= 4 is 5.91 Å². The quantitative estimate of drug-likeness (QED) is 0.569. The van der Waals surface area contributed by atoms with Gasteiger partial charge in [0.15, 0.2) is 0 Å². The molecule has 0 aliphatic rings. The van der Waals surface area contributed by atoms with Crippen molar-refractivity contribution in [2.75, 3.05) is 19.8 Å². The van der Waals surface area contributed by atoms with Gasteiger partial charge in [-0.05, 0) is 13.8 Å². The van der Waals surface area contributed by atoms with Crippen molar-refractivity contribution in [1.29, 1.82) is 0 Å². The molecule has 0 fully saturated rings. The first-order chi connectivity index (χ1) is 5.20. The van der Waals surface area contributed by atoms with Crippen LogP contribution in [-0.2, 0) is 9.53 Å². The SMILES string of the molecule is CCOCC(C)NC(=O)CN. The number of nitrogens with one attached hydrogen (secondary N) is 1. The highest BCUT2D eigenvalue weighted by atomic mass is 16.5. The first kappa shape index (κ1) is 10.4. The van der Waals surface area contributed by atoms with Crippen molar-refractivity contribution in [3.8, 4) is 0 Å². The molecule has 3 N–H and O–H groups in total. The Morgan fingerprint density at radius 3 is 2.82 bits per heavy atom. The number of hydrogen-bond acceptors (Lipinski definition) is 3. The molecule has 4 heteroatoms. The zero-order valence-electron chi connectivity index (χ0n) is 7.09. The van der Waals surface area contributed by atoms with Crippen LogP contribution in [0.25, 0.3) is 0 Å². The molecule has 0 saturated heterocycles. The summed E-state index contributed by atoms with van der Waals surface area (Å²) in [6.45, 7) is 5.04. The Labute approximate surface area is 67.1 Å². The van der Waals surface area contributed by atoms with Crippen LogP contribution in [0.1, 0.15) is 13.8 Å². The summed E-state index contributed by atoms with van der Waals surface area (Å²) in [5.74, 6) is -0.141. The molecule has 11 heavy (non-hydrogen) atoms. The van der Waals surface area contributed by atoms with Gasteiger partial charge in [0.25, 0.3) is 0 Å². The standard InChI is InChI=1S/C7H16N2O2/c1-3-11-5-6(2)9-7(10)4-8/h6H,3-5,8H2,1-2H3,(H,9,10). The van der Waals surface area contributed by atoms with Crippen molar-refractivity contribution in [3.63, 3.8) is 0 Å². The first-order valence-electron chi connectivity index (χ1n) is 3.77. The molecule has 0 aliphatic carbocycles. The number of hydrogen-bond donors (Lipinski definition) is 2. The topological polar surface area (TPSA) is 64.3 Å². The highest BCUT2D eigenvalue weighted by Gasteiger charge is 2.03. The number of rotatable bonds is 5. The van der Waals surface area contributed by atoms with Crippen LogP contribution in [0.15, 0.2) is 0 Å². The van der Waals surface area contributed by atoms with Crippen LogP contribution in [0.5, 0.6) is 0 Å². The van der Waals surface area contributed by atoms with Gasteiger partial charge in [0, 0.05) is 12.6 Å². The molecule has 66 valence electrons. The summed E-state index contributed by atoms with van der Waals surface area (Å²) in [6.07, 6.45) is 0. The molecule has 0 bridgehead atoms. The minimum absolute atomic E-state index is 0.0382. The molecule has 0 spiro atoms. The van der Waals surface area contributed by atoms with E-state index in [0.717, 1.165) is 0 Å². The van der Waals surface area contributed by atoms with Gasteiger partial charge in [-0.1, -0.05) is 0 Å². The zero-order chi connectivity index (χ0) is 8.69. The lowest BCUT2D eigenvalue weighted by atomic mass is 10.3. The molecule has 1 unspecified atom stereocenters. The fourth-order valence-corrected chi connectivity index (χ4v) is 0.670. The summed E-state index contributed by atoms with van der Waals surface area (Å²) in [7, 11) is 0. The lowest BCUT2D eigenvalue weighted by molar-refractivity contribution is -0.120. The molecular formula is C7H16N2O2. The molecular weight excluding hydrogens is 144 g/mol. The minimum atomic E-state index is -0.141. The van der Waals surface area contributed by atoms with E-state index in [1.165, 1.54) is 0 Å². The Hall–Kier alpha value is -0.610. The molecule has 0 rings (SSSR count). The van der Waals surface area contributed by atoms with E-state index in [0.29, 0.717) is 13.2 Å². The summed E-state index contributed by atoms with van der Waals surface area (Å²) < 4.78 is 5.09. The summed E-state index contributed by atoms with van der Waals surface area (Å²) in [5, 5.41) is 2.68. The second-order valence-corrected chi connectivity index (χ2v) is 2.33. The fourth-order valence-electron chi connectivity index (χ4n) is 0.670. The predicted molar refractivity (Wildman–Crippen MR) is 43.2 cm³/mol. The predicted octanol–water partition coefficient (Wildman–Crippen LogP) is -0.514. The van der Waals surface area contributed by atoms with E-state index in [2.05, 4.69) is 5.32 Å². The molecule has 0 aliphatic heterocycles. The van der Waals surface area contributed by atoms with Crippen LogP contribution in [-0.4, -0.2) is 31.7 Å². The maximum absolute atomic E-state index is 10.7. The van der Waals surface area contributed by atoms with Crippen molar-refractivity contribution in [1.82, 2.24) is 5.32 Å². The van der Waals surface area contributed by atoms with E-state index in [9.17, 15) is 4.79 Å². The van der Waals surface area contributed by atoms with Gasteiger partial charge in [-0.2, -0.15) is 0 Å². The number of ether oxygens (including phenoxy) is 1. The second kappa shape index (κ2) is 6.12. The van der Waals surface area contributed by atoms with Crippen LogP contribution in [0.3, 0.4) is 0 Å². The molecule has 0 radical (unpaired) electrons. The third-order valence-corrected chi connectivity index (χ3v) is 1.16. The van der Waals surface area contributed by atoms with E-state index in [-0.39, 0.29) is 18.5 Å². The molecule has 1 atom stereocenters. The highest BCUT2D eigenvalue weighted by molar-refractivity contribution is 5.77. The van der Waals surface area contributed by atoms with E-state index >= 15 is 0 Å². The van der Waals surface area contributed by atoms with Crippen LogP contribution in [0.4, 0.5) is 0 Å². The molecule has 0 saturated carbocycles. The fraction of sp³-hybridized carbons (Fsp3) is 0.857. The van der Waals surface area contributed by atoms with Crippen LogP contribution in [0.2, 0.25) is 0 Å². The monoisotopic (exact) mass is 160 g/mol. The zero-order valence-corrected chi connectivity index (χ0v) is 7.09. The maximum atomic E-state index is 10.7. The third kappa shape index (κ3) is 5.82. The van der Waals surface area contributed by atoms with Gasteiger partial charge in [0.2, 0.25) is 5.91 Å². The van der Waals surface area contributed by atoms with Gasteiger partial charge < -0.3 is 15.8 Å². The van der Waals surface area contributed by atoms with Crippen molar-refractivity contribution in [2.45, 2.75) is 19.9 Å². The smallest absolute Gasteiger partial charge is 0.234 e. The first-order valence-corrected chi connectivity index (χ1v) is 3.77. The Kier molecular flexibility index (Phi) is 5.78. The Balaban J connectivity index is 3.35. The molecule has 0 aromatic rings. The summed E-state index contributed by atoms with van der Waals surface area (Å²) in [5.41, 5.74) is 5.10. The Bertz CT molecular complexity index is 117.